The van der Waals surface area contributed by atoms with E-state index in [1.807, 2.05) is 4.72 Å². The molecule has 0 aliphatic heterocycles. The zero-order valence-electron chi connectivity index (χ0n) is 8.80. The maximum Gasteiger partial charge on any atom is 0.321 e. The molecule has 0 aromatic heterocycles. The van der Waals surface area contributed by atoms with E-state index in [4.69, 9.17) is 10.2 Å². The summed E-state index contributed by atoms with van der Waals surface area (Å²) in [4.78, 5) is 10.6. The number of carboxylic acid groups (broad SMARTS) is 1. The summed E-state index contributed by atoms with van der Waals surface area (Å²) in [6, 6.07) is -1.25. The Morgan fingerprint density at radius 3 is 2.27 bits per heavy atom. The van der Waals surface area contributed by atoms with Gasteiger partial charge in [-0.15, -0.1) is 0 Å². The lowest BCUT2D eigenvalue weighted by Crippen LogP contribution is -2.43. The Hall–Kier alpha value is -0.660. The van der Waals surface area contributed by atoms with Crippen LogP contribution >= 0.6 is 0 Å². The minimum atomic E-state index is -3.59. The monoisotopic (exact) mass is 239 g/mol. The van der Waals surface area contributed by atoms with Crippen molar-refractivity contribution >= 4 is 16.0 Å². The number of sulfonamides is 1. The predicted molar refractivity (Wildman–Crippen MR) is 54.9 cm³/mol. The van der Waals surface area contributed by atoms with Crippen LogP contribution in [0.2, 0.25) is 0 Å². The molecule has 0 bridgehead atoms. The Balaban J connectivity index is 4.45. The van der Waals surface area contributed by atoms with E-state index in [0.717, 1.165) is 0 Å². The lowest BCUT2D eigenvalue weighted by Gasteiger charge is -2.14. The third-order valence-electron chi connectivity index (χ3n) is 1.59. The van der Waals surface area contributed by atoms with E-state index in [1.54, 1.807) is 13.8 Å². The largest absolute Gasteiger partial charge is 0.480 e. The number of carbonyl (C=O) groups is 1. The van der Waals surface area contributed by atoms with Crippen molar-refractivity contribution in [3.8, 4) is 0 Å². The van der Waals surface area contributed by atoms with Crippen LogP contribution in [-0.2, 0) is 14.8 Å². The van der Waals surface area contributed by atoms with Crippen LogP contribution in [0.15, 0.2) is 0 Å². The van der Waals surface area contributed by atoms with E-state index >= 15 is 0 Å². The van der Waals surface area contributed by atoms with Gasteiger partial charge in [-0.2, -0.15) is 0 Å². The summed E-state index contributed by atoms with van der Waals surface area (Å²) >= 11 is 0. The van der Waals surface area contributed by atoms with Gasteiger partial charge in [-0.1, -0.05) is 13.8 Å². The summed E-state index contributed by atoms with van der Waals surface area (Å²) in [5, 5.41) is 17.2. The van der Waals surface area contributed by atoms with Gasteiger partial charge in [0.1, 0.15) is 6.04 Å². The van der Waals surface area contributed by atoms with Crippen molar-refractivity contribution in [2.45, 2.75) is 26.3 Å². The van der Waals surface area contributed by atoms with Crippen LogP contribution in [0, 0.1) is 5.92 Å². The third-order valence-corrected chi connectivity index (χ3v) is 3.34. The normalized spacial score (nSPS) is 14.1. The van der Waals surface area contributed by atoms with Gasteiger partial charge in [0.15, 0.2) is 0 Å². The molecule has 0 aromatic rings. The molecule has 0 amide bonds. The first-order chi connectivity index (χ1) is 6.78. The molecule has 90 valence electrons. The molecule has 0 fully saturated rings. The fourth-order valence-corrected chi connectivity index (χ4v) is 2.69. The molecule has 0 spiro atoms. The minimum absolute atomic E-state index is 0.0777. The van der Waals surface area contributed by atoms with E-state index in [0.29, 0.717) is 0 Å². The molecule has 6 nitrogen and oxygen atoms in total. The number of aliphatic hydroxyl groups excluding tert-OH is 1. The lowest BCUT2D eigenvalue weighted by molar-refractivity contribution is -0.139. The molecule has 0 aliphatic rings. The van der Waals surface area contributed by atoms with Crippen LogP contribution in [0.5, 0.6) is 0 Å². The van der Waals surface area contributed by atoms with Crippen molar-refractivity contribution < 1.29 is 23.4 Å². The van der Waals surface area contributed by atoms with Gasteiger partial charge in [0.05, 0.1) is 5.75 Å². The average Bonchev–Trinajstić information content (AvgIpc) is 2.00. The van der Waals surface area contributed by atoms with Gasteiger partial charge in [0.25, 0.3) is 0 Å². The molecule has 15 heavy (non-hydrogen) atoms. The molecule has 0 aromatic carbocycles. The van der Waals surface area contributed by atoms with Crippen molar-refractivity contribution in [3.05, 3.63) is 0 Å². The number of nitrogens with one attached hydrogen (secondary N) is 1. The Labute approximate surface area is 89.4 Å². The van der Waals surface area contributed by atoms with Crippen molar-refractivity contribution in [1.29, 1.82) is 0 Å². The molecule has 0 rings (SSSR count). The smallest absolute Gasteiger partial charge is 0.321 e. The van der Waals surface area contributed by atoms with Gasteiger partial charge in [-0.05, 0) is 12.3 Å². The first-order valence-electron chi connectivity index (χ1n) is 4.62. The minimum Gasteiger partial charge on any atom is -0.480 e. The van der Waals surface area contributed by atoms with E-state index in [2.05, 4.69) is 0 Å². The zero-order chi connectivity index (χ0) is 12.1. The highest BCUT2D eigenvalue weighted by Crippen LogP contribution is 2.01. The second kappa shape index (κ2) is 6.04. The Morgan fingerprint density at radius 1 is 1.40 bits per heavy atom. The molecule has 0 aliphatic carbocycles. The van der Waals surface area contributed by atoms with Crippen molar-refractivity contribution in [1.82, 2.24) is 4.72 Å². The van der Waals surface area contributed by atoms with Gasteiger partial charge in [-0.3, -0.25) is 4.79 Å². The van der Waals surface area contributed by atoms with Crippen molar-refractivity contribution in [2.75, 3.05) is 12.4 Å². The van der Waals surface area contributed by atoms with E-state index < -0.39 is 22.0 Å². The summed E-state index contributed by atoms with van der Waals surface area (Å²) in [5.74, 6) is -1.48. The molecule has 1 atom stereocenters. The van der Waals surface area contributed by atoms with Crippen LogP contribution in [0.1, 0.15) is 20.3 Å². The summed E-state index contributed by atoms with van der Waals surface area (Å²) in [5.41, 5.74) is 0. The van der Waals surface area contributed by atoms with Crippen LogP contribution in [0.25, 0.3) is 0 Å². The second-order valence-corrected chi connectivity index (χ2v) is 5.49. The second-order valence-electron chi connectivity index (χ2n) is 3.70. The number of rotatable bonds is 7. The van der Waals surface area contributed by atoms with Gasteiger partial charge in [0, 0.05) is 6.61 Å². The van der Waals surface area contributed by atoms with Crippen LogP contribution in [-0.4, -0.2) is 43.0 Å². The topological polar surface area (TPSA) is 104 Å². The number of aliphatic carboxylic acids is 1. The van der Waals surface area contributed by atoms with E-state index in [1.165, 1.54) is 0 Å². The molecule has 1 unspecified atom stereocenters. The van der Waals surface area contributed by atoms with Crippen LogP contribution < -0.4 is 4.72 Å². The van der Waals surface area contributed by atoms with Crippen LogP contribution in [0.3, 0.4) is 0 Å². The summed E-state index contributed by atoms with van der Waals surface area (Å²) < 4.78 is 24.8. The molecule has 3 N–H and O–H groups in total. The third kappa shape index (κ3) is 6.43. The van der Waals surface area contributed by atoms with Crippen LogP contribution in [0.4, 0.5) is 0 Å². The number of aliphatic hydroxyl groups is 1. The highest BCUT2D eigenvalue weighted by atomic mass is 32.2. The number of hydrogen-bond donors (Lipinski definition) is 3. The van der Waals surface area contributed by atoms with Gasteiger partial charge in [0.2, 0.25) is 10.0 Å². The Morgan fingerprint density at radius 2 is 1.93 bits per heavy atom. The quantitative estimate of drug-likeness (QED) is 0.550. The first kappa shape index (κ1) is 14.3. The molecule has 0 heterocycles. The number of hydrogen-bond acceptors (Lipinski definition) is 4. The fourth-order valence-electron chi connectivity index (χ4n) is 1.07. The predicted octanol–water partition coefficient (Wildman–Crippen LogP) is -0.603. The highest BCUT2D eigenvalue weighted by Gasteiger charge is 2.23. The molecular weight excluding hydrogens is 222 g/mol. The average molecular weight is 239 g/mol. The zero-order valence-corrected chi connectivity index (χ0v) is 9.62. The molecule has 0 saturated heterocycles. The molecular formula is C8H17NO5S. The first-order valence-corrected chi connectivity index (χ1v) is 6.27. The maximum atomic E-state index is 11.4. The summed E-state index contributed by atoms with van der Waals surface area (Å²) in [6.45, 7) is 3.07. The van der Waals surface area contributed by atoms with Crippen molar-refractivity contribution in [3.63, 3.8) is 0 Å². The lowest BCUT2D eigenvalue weighted by atomic mass is 10.2. The van der Waals surface area contributed by atoms with E-state index in [9.17, 15) is 13.2 Å². The Bertz CT molecular complexity index is 298. The standard InChI is InChI=1S/C8H17NO5S/c1-6(2)5-15(13,14)9-7(3-4-10)8(11)12/h6-7,9-10H,3-5H2,1-2H3,(H,11,12). The fraction of sp³-hybridized carbons (Fsp3) is 0.875. The van der Waals surface area contributed by atoms with Gasteiger partial charge >= 0.3 is 5.97 Å². The number of carboxylic acids is 1. The Kier molecular flexibility index (Phi) is 5.77. The summed E-state index contributed by atoms with van der Waals surface area (Å²) in [7, 11) is -3.59. The molecule has 0 saturated carbocycles. The van der Waals surface area contributed by atoms with E-state index in [-0.39, 0.29) is 24.7 Å². The highest BCUT2D eigenvalue weighted by molar-refractivity contribution is 7.89. The molecule has 7 heteroatoms. The molecule has 0 radical (unpaired) electrons. The maximum absolute atomic E-state index is 11.4. The van der Waals surface area contributed by atoms with Gasteiger partial charge in [-0.25, -0.2) is 13.1 Å². The summed E-state index contributed by atoms with van der Waals surface area (Å²) in [6.07, 6.45) is -0.132. The van der Waals surface area contributed by atoms with Crippen molar-refractivity contribution in [2.24, 2.45) is 5.92 Å². The SMILES string of the molecule is CC(C)CS(=O)(=O)NC(CCO)C(=O)O. The van der Waals surface area contributed by atoms with Gasteiger partial charge < -0.3 is 10.2 Å².